The van der Waals surface area contributed by atoms with Crippen molar-refractivity contribution in [3.8, 4) is 0 Å². The number of ether oxygens (including phenoxy) is 5. The highest BCUT2D eigenvalue weighted by atomic mass is 19.4. The average molecular weight is 958 g/mol. The molecular weight excluding hydrogens is 892 g/mol. The maximum Gasteiger partial charge on any atom is 0.416 e. The predicted octanol–water partition coefficient (Wildman–Crippen LogP) is 3.66. The van der Waals surface area contributed by atoms with Crippen LogP contribution in [0.25, 0.3) is 10.9 Å². The van der Waals surface area contributed by atoms with Gasteiger partial charge in [0.05, 0.1) is 101 Å². The van der Waals surface area contributed by atoms with Crippen molar-refractivity contribution < 1.29 is 56.0 Å². The van der Waals surface area contributed by atoms with Gasteiger partial charge in [-0.05, 0) is 76.3 Å². The van der Waals surface area contributed by atoms with Crippen molar-refractivity contribution >= 4 is 40.3 Å². The Labute approximate surface area is 395 Å². The van der Waals surface area contributed by atoms with Crippen LogP contribution in [0.4, 0.5) is 19.0 Å². The van der Waals surface area contributed by atoms with Gasteiger partial charge in [0.1, 0.15) is 18.2 Å². The summed E-state index contributed by atoms with van der Waals surface area (Å²) in [5, 5.41) is 13.0. The molecule has 0 radical (unpaired) electrons. The first-order valence-electron chi connectivity index (χ1n) is 23.4. The highest BCUT2D eigenvalue weighted by Gasteiger charge is 2.44. The number of hydrogen-bond acceptors (Lipinski definition) is 14. The Morgan fingerprint density at radius 2 is 1.53 bits per heavy atom. The molecule has 0 spiro atoms. The molecule has 3 aromatic rings. The fraction of sp³-hybridized carbons (Fsp3) is 0.638. The lowest BCUT2D eigenvalue weighted by atomic mass is 9.84. The van der Waals surface area contributed by atoms with Gasteiger partial charge in [0, 0.05) is 62.3 Å². The SMILES string of the molecule is CN1C(=O)C[C@H](C(=O)NCCOCCOCCOCCOCCOCCC(=O)N[C@@H]2C[C@H](NC(C)(C)C)CCC2N2CC[C@H](Nc3ncnc4ccc(C(F)(F)F)cc34)C2=O)[C@H]1c1cccnc1. The minimum atomic E-state index is -4.55. The van der Waals surface area contributed by atoms with Gasteiger partial charge in [0.2, 0.25) is 23.6 Å². The number of amides is 4. The molecule has 3 fully saturated rings. The molecule has 2 saturated heterocycles. The Hall–Kier alpha value is -5.06. The van der Waals surface area contributed by atoms with Crippen LogP contribution in [0.15, 0.2) is 49.1 Å². The standard InChI is InChI=1S/C47H66F3N9O9/c1-46(2,3)57-33-8-10-39(59-15-11-37(45(59)63)56-43-34-26-32(47(48,49)50)7-9-36(34)53-30-54-43)38(27-33)55-40(60)12-16-64-18-20-66-22-24-68-25-23-67-21-19-65-17-14-52-44(62)35-28-41(61)58(4)42(35)31-6-5-13-51-29-31/h5-7,9,13,26,29-30,33,35,37-39,42,57H,8,10-12,14-25,27-28H2,1-4H3,(H,52,62)(H,55,60)(H,53,54,56)/t33-,35+,37+,38-,39?,42-/m1/s1. The van der Waals surface area contributed by atoms with Gasteiger partial charge >= 0.3 is 6.18 Å². The summed E-state index contributed by atoms with van der Waals surface area (Å²) in [4.78, 5) is 68.1. The number of alkyl halides is 3. The molecule has 68 heavy (non-hydrogen) atoms. The van der Waals surface area contributed by atoms with E-state index in [1.165, 1.54) is 12.4 Å². The van der Waals surface area contributed by atoms with Crippen molar-refractivity contribution in [3.63, 3.8) is 0 Å². The highest BCUT2D eigenvalue weighted by molar-refractivity contribution is 5.93. The van der Waals surface area contributed by atoms with Crippen molar-refractivity contribution in [2.75, 3.05) is 91.5 Å². The topological polar surface area (TPSA) is 208 Å². The quantitative estimate of drug-likeness (QED) is 0.0895. The second-order valence-electron chi connectivity index (χ2n) is 18.3. The van der Waals surface area contributed by atoms with Crippen molar-refractivity contribution in [1.29, 1.82) is 0 Å². The number of halogens is 3. The smallest absolute Gasteiger partial charge is 0.379 e. The van der Waals surface area contributed by atoms with Crippen LogP contribution in [0.5, 0.6) is 0 Å². The summed E-state index contributed by atoms with van der Waals surface area (Å²) in [5.41, 5.74) is 0.172. The number of rotatable bonds is 25. The van der Waals surface area contributed by atoms with E-state index in [1.54, 1.807) is 35.3 Å². The number of likely N-dealkylation sites (tertiary alicyclic amines) is 2. The number of carbonyl (C=O) groups excluding carboxylic acids is 4. The van der Waals surface area contributed by atoms with Gasteiger partial charge in [-0.25, -0.2) is 9.97 Å². The van der Waals surface area contributed by atoms with Gasteiger partial charge in [0.25, 0.3) is 0 Å². The van der Waals surface area contributed by atoms with Crippen LogP contribution in [0.2, 0.25) is 0 Å². The van der Waals surface area contributed by atoms with Crippen LogP contribution in [0.3, 0.4) is 0 Å². The fourth-order valence-corrected chi connectivity index (χ4v) is 9.02. The highest BCUT2D eigenvalue weighted by Crippen LogP contribution is 2.37. The number of fused-ring (bicyclic) bond motifs is 1. The van der Waals surface area contributed by atoms with Crippen LogP contribution in [-0.4, -0.2) is 164 Å². The number of pyridine rings is 1. The van der Waals surface area contributed by atoms with E-state index in [2.05, 4.69) is 57.0 Å². The number of hydrogen-bond donors (Lipinski definition) is 4. The Kier molecular flexibility index (Phi) is 19.2. The Balaban J connectivity index is 0.807. The van der Waals surface area contributed by atoms with E-state index < -0.39 is 23.7 Å². The third-order valence-electron chi connectivity index (χ3n) is 12.2. The molecule has 4 heterocycles. The van der Waals surface area contributed by atoms with E-state index in [0.29, 0.717) is 97.3 Å². The van der Waals surface area contributed by atoms with Crippen LogP contribution in [-0.2, 0) is 49.0 Å². The van der Waals surface area contributed by atoms with E-state index in [0.717, 1.165) is 24.1 Å². The molecule has 21 heteroatoms. The second-order valence-corrected chi connectivity index (χ2v) is 18.3. The zero-order valence-corrected chi connectivity index (χ0v) is 39.4. The van der Waals surface area contributed by atoms with Crippen LogP contribution in [0.1, 0.15) is 76.5 Å². The van der Waals surface area contributed by atoms with E-state index in [1.807, 2.05) is 6.07 Å². The number of aromatic nitrogens is 3. The summed E-state index contributed by atoms with van der Waals surface area (Å²) in [7, 11) is 1.70. The lowest BCUT2D eigenvalue weighted by Gasteiger charge is -2.43. The number of benzene rings is 1. The maximum atomic E-state index is 13.9. The Morgan fingerprint density at radius 3 is 2.18 bits per heavy atom. The molecule has 2 aliphatic heterocycles. The summed E-state index contributed by atoms with van der Waals surface area (Å²) in [6.07, 6.45) is 2.82. The molecule has 18 nitrogen and oxygen atoms in total. The minimum absolute atomic E-state index is 0.0799. The van der Waals surface area contributed by atoms with Gasteiger partial charge in [-0.2, -0.15) is 13.2 Å². The first kappa shape index (κ1) is 52.3. The summed E-state index contributed by atoms with van der Waals surface area (Å²) in [5.74, 6) is -0.996. The third kappa shape index (κ3) is 15.2. The number of anilines is 1. The average Bonchev–Trinajstić information content (AvgIpc) is 3.81. The third-order valence-corrected chi connectivity index (χ3v) is 12.2. The molecule has 374 valence electrons. The molecule has 0 bridgehead atoms. The molecule has 4 N–H and O–H groups in total. The molecule has 1 aromatic carbocycles. The molecule has 6 atom stereocenters. The first-order chi connectivity index (χ1) is 32.6. The molecule has 1 aliphatic carbocycles. The van der Waals surface area contributed by atoms with Gasteiger partial charge in [0.15, 0.2) is 0 Å². The van der Waals surface area contributed by atoms with Crippen molar-refractivity contribution in [3.05, 3.63) is 60.2 Å². The molecule has 6 rings (SSSR count). The Bertz CT molecular complexity index is 2120. The van der Waals surface area contributed by atoms with Gasteiger partial charge in [-0.15, -0.1) is 0 Å². The van der Waals surface area contributed by atoms with E-state index in [-0.39, 0.29) is 84.0 Å². The zero-order valence-electron chi connectivity index (χ0n) is 39.4. The van der Waals surface area contributed by atoms with Gasteiger partial charge in [-0.3, -0.25) is 24.2 Å². The molecule has 1 unspecified atom stereocenters. The normalized spacial score (nSPS) is 22.3. The number of nitrogens with zero attached hydrogens (tertiary/aromatic N) is 5. The van der Waals surface area contributed by atoms with E-state index >= 15 is 0 Å². The maximum absolute atomic E-state index is 13.9. The number of carbonyl (C=O) groups is 4. The van der Waals surface area contributed by atoms with Crippen molar-refractivity contribution in [2.24, 2.45) is 5.92 Å². The van der Waals surface area contributed by atoms with Crippen molar-refractivity contribution in [1.82, 2.24) is 40.7 Å². The van der Waals surface area contributed by atoms with E-state index in [9.17, 15) is 32.3 Å². The molecule has 1 saturated carbocycles. The molecule has 4 amide bonds. The van der Waals surface area contributed by atoms with Crippen LogP contribution >= 0.6 is 0 Å². The van der Waals surface area contributed by atoms with Crippen molar-refractivity contribution in [2.45, 2.75) is 101 Å². The largest absolute Gasteiger partial charge is 0.416 e. The van der Waals surface area contributed by atoms with Crippen LogP contribution in [0, 0.1) is 5.92 Å². The molecule has 3 aliphatic rings. The van der Waals surface area contributed by atoms with Gasteiger partial charge < -0.3 is 54.8 Å². The number of nitrogens with one attached hydrogen (secondary N) is 4. The minimum Gasteiger partial charge on any atom is -0.379 e. The van der Waals surface area contributed by atoms with Gasteiger partial charge in [-0.1, -0.05) is 6.07 Å². The second kappa shape index (κ2) is 25.0. The zero-order chi connectivity index (χ0) is 48.7. The lowest BCUT2D eigenvalue weighted by molar-refractivity contribution is -0.137. The van der Waals surface area contributed by atoms with Crippen LogP contribution < -0.4 is 21.3 Å². The fourth-order valence-electron chi connectivity index (χ4n) is 9.02. The first-order valence-corrected chi connectivity index (χ1v) is 23.4. The lowest BCUT2D eigenvalue weighted by Crippen LogP contribution is -2.59. The predicted molar refractivity (Wildman–Crippen MR) is 244 cm³/mol. The monoisotopic (exact) mass is 957 g/mol. The summed E-state index contributed by atoms with van der Waals surface area (Å²) >= 11 is 0. The molecular formula is C47H66F3N9O9. The molecule has 2 aromatic heterocycles. The summed E-state index contributed by atoms with van der Waals surface area (Å²) in [6, 6.07) is 5.39. The van der Waals surface area contributed by atoms with E-state index in [4.69, 9.17) is 23.7 Å². The summed E-state index contributed by atoms with van der Waals surface area (Å²) < 4.78 is 68.5. The summed E-state index contributed by atoms with van der Waals surface area (Å²) in [6.45, 7) is 10.3. The Morgan fingerprint density at radius 1 is 0.853 bits per heavy atom.